The molecule has 24 heavy (non-hydrogen) atoms. The Balaban J connectivity index is 2.18. The Labute approximate surface area is 140 Å². The first-order chi connectivity index (χ1) is 11.7. The molecule has 120 valence electrons. The van der Waals surface area contributed by atoms with Gasteiger partial charge in [0.15, 0.2) is 0 Å². The quantitative estimate of drug-likeness (QED) is 0.386. The number of methoxy groups -OCH3 is 1. The second kappa shape index (κ2) is 6.96. The monoisotopic (exact) mass is 319 g/mol. The van der Waals surface area contributed by atoms with Gasteiger partial charge in [-0.3, -0.25) is 10.1 Å². The predicted molar refractivity (Wildman–Crippen MR) is 93.5 cm³/mol. The van der Waals surface area contributed by atoms with Crippen molar-refractivity contribution in [2.24, 2.45) is 0 Å². The van der Waals surface area contributed by atoms with Crippen LogP contribution in [0.25, 0.3) is 0 Å². The molecule has 0 heterocycles. The number of nitro groups is 1. The summed E-state index contributed by atoms with van der Waals surface area (Å²) in [7, 11) is 1.54. The van der Waals surface area contributed by atoms with Gasteiger partial charge in [0.1, 0.15) is 5.75 Å². The van der Waals surface area contributed by atoms with Gasteiger partial charge in [0.2, 0.25) is 0 Å². The Kier molecular flexibility index (Phi) is 4.57. The number of benzene rings is 3. The molecule has 0 bridgehead atoms. The first kappa shape index (κ1) is 15.7. The van der Waals surface area contributed by atoms with Crippen LogP contribution in [0, 0.1) is 10.1 Å². The fourth-order valence-electron chi connectivity index (χ4n) is 2.89. The average Bonchev–Trinajstić information content (AvgIpc) is 2.64. The van der Waals surface area contributed by atoms with Crippen molar-refractivity contribution in [1.29, 1.82) is 0 Å². The number of hydrogen-bond donors (Lipinski definition) is 0. The van der Waals surface area contributed by atoms with E-state index in [1.165, 1.54) is 19.2 Å². The topological polar surface area (TPSA) is 52.4 Å². The van der Waals surface area contributed by atoms with E-state index in [2.05, 4.69) is 24.3 Å². The minimum atomic E-state index is -0.410. The van der Waals surface area contributed by atoms with E-state index in [4.69, 9.17) is 4.74 Å². The maximum atomic E-state index is 11.0. The third kappa shape index (κ3) is 3.13. The van der Waals surface area contributed by atoms with E-state index in [1.807, 2.05) is 36.4 Å². The highest BCUT2D eigenvalue weighted by molar-refractivity contribution is 5.53. The van der Waals surface area contributed by atoms with Crippen LogP contribution in [0.3, 0.4) is 0 Å². The van der Waals surface area contributed by atoms with Crippen molar-refractivity contribution < 1.29 is 9.66 Å². The Morgan fingerprint density at radius 1 is 0.875 bits per heavy atom. The molecule has 3 aromatic carbocycles. The van der Waals surface area contributed by atoms with Crippen LogP contribution >= 0.6 is 0 Å². The summed E-state index contributed by atoms with van der Waals surface area (Å²) in [4.78, 5) is 10.6. The molecular formula is C20H17NO3. The highest BCUT2D eigenvalue weighted by Crippen LogP contribution is 2.38. The number of rotatable bonds is 5. The van der Waals surface area contributed by atoms with Crippen molar-refractivity contribution >= 4 is 5.69 Å². The van der Waals surface area contributed by atoms with Crippen LogP contribution in [0.15, 0.2) is 78.9 Å². The second-order valence-corrected chi connectivity index (χ2v) is 5.44. The molecule has 0 aromatic heterocycles. The van der Waals surface area contributed by atoms with E-state index in [0.717, 1.165) is 16.7 Å². The molecule has 4 heteroatoms. The summed E-state index contributed by atoms with van der Waals surface area (Å²) in [5.74, 6) is 0.463. The molecule has 0 aliphatic carbocycles. The van der Waals surface area contributed by atoms with Crippen molar-refractivity contribution in [3.8, 4) is 5.75 Å². The van der Waals surface area contributed by atoms with E-state index >= 15 is 0 Å². The van der Waals surface area contributed by atoms with Gasteiger partial charge in [-0.25, -0.2) is 0 Å². The van der Waals surface area contributed by atoms with Crippen LogP contribution < -0.4 is 4.74 Å². The summed E-state index contributed by atoms with van der Waals surface area (Å²) in [6.07, 6.45) is 0. The van der Waals surface area contributed by atoms with E-state index in [9.17, 15) is 10.1 Å². The van der Waals surface area contributed by atoms with Gasteiger partial charge in [-0.1, -0.05) is 60.7 Å². The van der Waals surface area contributed by atoms with Crippen LogP contribution in [0.4, 0.5) is 5.69 Å². The van der Waals surface area contributed by atoms with E-state index in [-0.39, 0.29) is 11.6 Å². The molecule has 0 unspecified atom stereocenters. The maximum Gasteiger partial charge on any atom is 0.273 e. The van der Waals surface area contributed by atoms with Crippen molar-refractivity contribution in [1.82, 2.24) is 0 Å². The third-order valence-electron chi connectivity index (χ3n) is 4.00. The molecule has 4 nitrogen and oxygen atoms in total. The van der Waals surface area contributed by atoms with Gasteiger partial charge in [0.25, 0.3) is 5.69 Å². The van der Waals surface area contributed by atoms with E-state index in [0.29, 0.717) is 5.75 Å². The van der Waals surface area contributed by atoms with Gasteiger partial charge in [-0.15, -0.1) is 0 Å². The third-order valence-corrected chi connectivity index (χ3v) is 4.00. The summed E-state index contributed by atoms with van der Waals surface area (Å²) < 4.78 is 5.46. The number of hydrogen-bond acceptors (Lipinski definition) is 3. The van der Waals surface area contributed by atoms with Crippen molar-refractivity contribution in [3.05, 3.63) is 106 Å². The van der Waals surface area contributed by atoms with Crippen LogP contribution in [-0.2, 0) is 0 Å². The number of ether oxygens (including phenoxy) is 1. The van der Waals surface area contributed by atoms with Gasteiger partial charge in [-0.05, 0) is 17.2 Å². The standard InChI is InChI=1S/C20H17NO3/c1-24-19-14-17(21(22)23)12-13-18(19)20(15-8-4-2-5-9-15)16-10-6-3-7-11-16/h2-14,20H,1H3. The number of nitro benzene ring substituents is 1. The maximum absolute atomic E-state index is 11.0. The smallest absolute Gasteiger partial charge is 0.273 e. The van der Waals surface area contributed by atoms with Crippen LogP contribution in [-0.4, -0.2) is 12.0 Å². The number of nitrogens with zero attached hydrogens (tertiary/aromatic N) is 1. The molecule has 0 spiro atoms. The number of non-ortho nitro benzene ring substituents is 1. The summed E-state index contributed by atoms with van der Waals surface area (Å²) in [6.45, 7) is 0. The van der Waals surface area contributed by atoms with Crippen molar-refractivity contribution in [2.45, 2.75) is 5.92 Å². The van der Waals surface area contributed by atoms with Gasteiger partial charge < -0.3 is 4.74 Å². The minimum Gasteiger partial charge on any atom is -0.496 e. The molecule has 0 amide bonds. The molecule has 0 radical (unpaired) electrons. The lowest BCUT2D eigenvalue weighted by atomic mass is 9.84. The zero-order chi connectivity index (χ0) is 16.9. The van der Waals surface area contributed by atoms with Crippen LogP contribution in [0.2, 0.25) is 0 Å². The molecule has 0 fully saturated rings. The SMILES string of the molecule is COc1cc([N+](=O)[O-])ccc1C(c1ccccc1)c1ccccc1. The Morgan fingerprint density at radius 3 is 1.88 bits per heavy atom. The van der Waals surface area contributed by atoms with Crippen LogP contribution in [0.1, 0.15) is 22.6 Å². The van der Waals surface area contributed by atoms with Gasteiger partial charge in [0, 0.05) is 17.5 Å². The van der Waals surface area contributed by atoms with Gasteiger partial charge >= 0.3 is 0 Å². The van der Waals surface area contributed by atoms with Gasteiger partial charge in [-0.2, -0.15) is 0 Å². The molecule has 0 aliphatic heterocycles. The summed E-state index contributed by atoms with van der Waals surface area (Å²) in [5, 5.41) is 11.0. The fourth-order valence-corrected chi connectivity index (χ4v) is 2.89. The lowest BCUT2D eigenvalue weighted by molar-refractivity contribution is -0.384. The summed E-state index contributed by atoms with van der Waals surface area (Å²) in [5.41, 5.74) is 3.14. The zero-order valence-corrected chi connectivity index (χ0v) is 13.3. The molecule has 3 aromatic rings. The highest BCUT2D eigenvalue weighted by atomic mass is 16.6. The first-order valence-corrected chi connectivity index (χ1v) is 7.63. The lowest BCUT2D eigenvalue weighted by Crippen LogP contribution is -2.06. The summed E-state index contributed by atoms with van der Waals surface area (Å²) >= 11 is 0. The van der Waals surface area contributed by atoms with Crippen molar-refractivity contribution in [2.75, 3.05) is 7.11 Å². The molecule has 3 rings (SSSR count). The Morgan fingerprint density at radius 2 is 1.42 bits per heavy atom. The van der Waals surface area contributed by atoms with Crippen LogP contribution in [0.5, 0.6) is 5.75 Å². The van der Waals surface area contributed by atoms with E-state index in [1.54, 1.807) is 6.07 Å². The lowest BCUT2D eigenvalue weighted by Gasteiger charge is -2.21. The zero-order valence-electron chi connectivity index (χ0n) is 13.3. The van der Waals surface area contributed by atoms with Crippen molar-refractivity contribution in [3.63, 3.8) is 0 Å². The molecular weight excluding hydrogens is 302 g/mol. The first-order valence-electron chi connectivity index (χ1n) is 7.63. The minimum absolute atomic E-state index is 0.0236. The highest BCUT2D eigenvalue weighted by Gasteiger charge is 2.22. The fraction of sp³-hybridized carbons (Fsp3) is 0.100. The predicted octanol–water partition coefficient (Wildman–Crippen LogP) is 4.78. The molecule has 0 N–H and O–H groups in total. The molecule has 0 saturated heterocycles. The van der Waals surface area contributed by atoms with E-state index < -0.39 is 4.92 Å². The normalized spacial score (nSPS) is 10.6. The Bertz CT molecular complexity index is 793. The molecule has 0 aliphatic rings. The second-order valence-electron chi connectivity index (χ2n) is 5.44. The Hall–Kier alpha value is -3.14. The van der Waals surface area contributed by atoms with Gasteiger partial charge in [0.05, 0.1) is 18.1 Å². The average molecular weight is 319 g/mol. The molecule has 0 atom stereocenters. The summed E-state index contributed by atoms with van der Waals surface area (Å²) in [6, 6.07) is 24.9. The molecule has 0 saturated carbocycles. The largest absolute Gasteiger partial charge is 0.496 e.